The minimum Gasteiger partial charge on any atom is -0.481 e. The second-order valence-electron chi connectivity index (χ2n) is 4.55. The maximum absolute atomic E-state index is 11.0. The molecule has 1 aromatic carbocycles. The lowest BCUT2D eigenvalue weighted by molar-refractivity contribution is -0.146. The van der Waals surface area contributed by atoms with Crippen LogP contribution in [0.25, 0.3) is 0 Å². The normalized spacial score (nSPS) is 10.9. The second-order valence-corrected chi connectivity index (χ2v) is 4.55. The molecule has 5 nitrogen and oxygen atoms in total. The van der Waals surface area contributed by atoms with Crippen molar-refractivity contribution in [3.05, 3.63) is 29.8 Å². The third-order valence-corrected chi connectivity index (χ3v) is 2.45. The Balaban J connectivity index is 2.75. The van der Waals surface area contributed by atoms with Crippen molar-refractivity contribution in [2.24, 2.45) is 11.1 Å². The fraction of sp³-hybridized carbons (Fsp3) is 0.333. The smallest absolute Gasteiger partial charge is 0.316 e. The standard InChI is InChI=1S/C12H16N2O3/c1-12(2,10(15)16)7-8-3-5-9(6-4-8)14-11(13)17/h3-6H,7H2,1-2H3,(H,15,16)(H3,13,14,17). The van der Waals surface area contributed by atoms with Gasteiger partial charge < -0.3 is 16.2 Å². The number of anilines is 1. The van der Waals surface area contributed by atoms with Crippen molar-refractivity contribution in [3.8, 4) is 0 Å². The van der Waals surface area contributed by atoms with Crippen molar-refractivity contribution in [2.75, 3.05) is 5.32 Å². The number of benzene rings is 1. The first kappa shape index (κ1) is 13.0. The summed E-state index contributed by atoms with van der Waals surface area (Å²) in [7, 11) is 0. The number of hydrogen-bond donors (Lipinski definition) is 3. The van der Waals surface area contributed by atoms with Gasteiger partial charge in [0.05, 0.1) is 5.41 Å². The van der Waals surface area contributed by atoms with Crippen LogP contribution < -0.4 is 11.1 Å². The molecular weight excluding hydrogens is 220 g/mol. The van der Waals surface area contributed by atoms with Crippen molar-refractivity contribution in [1.82, 2.24) is 0 Å². The maximum Gasteiger partial charge on any atom is 0.316 e. The molecule has 17 heavy (non-hydrogen) atoms. The van der Waals surface area contributed by atoms with E-state index in [1.807, 2.05) is 0 Å². The zero-order chi connectivity index (χ0) is 13.1. The first-order valence-electron chi connectivity index (χ1n) is 5.20. The van der Waals surface area contributed by atoms with E-state index in [0.29, 0.717) is 12.1 Å². The molecule has 2 amide bonds. The number of urea groups is 1. The summed E-state index contributed by atoms with van der Waals surface area (Å²) in [5.41, 5.74) is 5.66. The summed E-state index contributed by atoms with van der Waals surface area (Å²) < 4.78 is 0. The fourth-order valence-electron chi connectivity index (χ4n) is 1.43. The molecule has 0 saturated carbocycles. The van der Waals surface area contributed by atoms with Gasteiger partial charge in [-0.05, 0) is 38.0 Å². The van der Waals surface area contributed by atoms with Crippen molar-refractivity contribution in [3.63, 3.8) is 0 Å². The molecule has 0 aromatic heterocycles. The Morgan fingerprint density at radius 3 is 2.24 bits per heavy atom. The molecule has 0 heterocycles. The molecule has 5 heteroatoms. The number of carboxylic acid groups (broad SMARTS) is 1. The summed E-state index contributed by atoms with van der Waals surface area (Å²) in [4.78, 5) is 21.6. The van der Waals surface area contributed by atoms with Gasteiger partial charge in [0.1, 0.15) is 0 Å². The minimum absolute atomic E-state index is 0.430. The van der Waals surface area contributed by atoms with Crippen LogP contribution in [-0.2, 0) is 11.2 Å². The number of nitrogens with one attached hydrogen (secondary N) is 1. The van der Waals surface area contributed by atoms with E-state index < -0.39 is 17.4 Å². The van der Waals surface area contributed by atoms with E-state index in [4.69, 9.17) is 10.8 Å². The number of amides is 2. The molecule has 1 rings (SSSR count). The molecule has 0 atom stereocenters. The molecule has 0 spiro atoms. The molecule has 0 aliphatic rings. The number of nitrogens with two attached hydrogens (primary N) is 1. The van der Waals surface area contributed by atoms with E-state index in [1.165, 1.54) is 0 Å². The molecule has 0 radical (unpaired) electrons. The van der Waals surface area contributed by atoms with Crippen molar-refractivity contribution < 1.29 is 14.7 Å². The molecule has 0 aliphatic carbocycles. The first-order chi connectivity index (χ1) is 7.81. The van der Waals surface area contributed by atoms with Gasteiger partial charge in [-0.1, -0.05) is 12.1 Å². The molecule has 0 saturated heterocycles. The Kier molecular flexibility index (Phi) is 3.73. The number of primary amides is 1. The molecule has 1 aromatic rings. The first-order valence-corrected chi connectivity index (χ1v) is 5.20. The van der Waals surface area contributed by atoms with Gasteiger partial charge in [-0.15, -0.1) is 0 Å². The Hall–Kier alpha value is -2.04. The molecule has 0 unspecified atom stereocenters. The zero-order valence-corrected chi connectivity index (χ0v) is 9.86. The Morgan fingerprint density at radius 1 is 1.29 bits per heavy atom. The van der Waals surface area contributed by atoms with E-state index in [1.54, 1.807) is 38.1 Å². The lowest BCUT2D eigenvalue weighted by Gasteiger charge is -2.19. The van der Waals surface area contributed by atoms with Gasteiger partial charge in [-0.2, -0.15) is 0 Å². The molecule has 4 N–H and O–H groups in total. The monoisotopic (exact) mass is 236 g/mol. The van der Waals surface area contributed by atoms with Gasteiger partial charge in [0.2, 0.25) is 0 Å². The number of aliphatic carboxylic acids is 1. The number of carboxylic acids is 1. The second kappa shape index (κ2) is 4.86. The molecular formula is C12H16N2O3. The van der Waals surface area contributed by atoms with E-state index >= 15 is 0 Å². The lowest BCUT2D eigenvalue weighted by atomic mass is 9.86. The van der Waals surface area contributed by atoms with E-state index in [2.05, 4.69) is 5.32 Å². The number of carbonyl (C=O) groups excluding carboxylic acids is 1. The van der Waals surface area contributed by atoms with Crippen LogP contribution in [0.5, 0.6) is 0 Å². The SMILES string of the molecule is CC(C)(Cc1ccc(NC(N)=O)cc1)C(=O)O. The van der Waals surface area contributed by atoms with Crippen molar-refractivity contribution in [2.45, 2.75) is 20.3 Å². The highest BCUT2D eigenvalue weighted by atomic mass is 16.4. The van der Waals surface area contributed by atoms with Crippen LogP contribution in [0.2, 0.25) is 0 Å². The van der Waals surface area contributed by atoms with Crippen LogP contribution in [0.4, 0.5) is 10.5 Å². The average molecular weight is 236 g/mol. The summed E-state index contributed by atoms with van der Waals surface area (Å²) in [5, 5.41) is 11.4. The number of rotatable bonds is 4. The van der Waals surface area contributed by atoms with Gasteiger partial charge in [0, 0.05) is 5.69 Å². The van der Waals surface area contributed by atoms with Gasteiger partial charge >= 0.3 is 12.0 Å². The van der Waals surface area contributed by atoms with Crippen LogP contribution in [0.1, 0.15) is 19.4 Å². The summed E-state index contributed by atoms with van der Waals surface area (Å²) in [5.74, 6) is -0.836. The highest BCUT2D eigenvalue weighted by Crippen LogP contribution is 2.22. The average Bonchev–Trinajstić information content (AvgIpc) is 2.19. The largest absolute Gasteiger partial charge is 0.481 e. The number of hydrogen-bond acceptors (Lipinski definition) is 2. The predicted octanol–water partition coefficient (Wildman–Crippen LogP) is 1.83. The zero-order valence-electron chi connectivity index (χ0n) is 9.86. The van der Waals surface area contributed by atoms with Crippen molar-refractivity contribution in [1.29, 1.82) is 0 Å². The van der Waals surface area contributed by atoms with Gasteiger partial charge in [0.25, 0.3) is 0 Å². The van der Waals surface area contributed by atoms with E-state index in [0.717, 1.165) is 5.56 Å². The van der Waals surface area contributed by atoms with E-state index in [-0.39, 0.29) is 0 Å². The topological polar surface area (TPSA) is 92.4 Å². The van der Waals surface area contributed by atoms with Gasteiger partial charge in [-0.3, -0.25) is 4.79 Å². The maximum atomic E-state index is 11.0. The fourth-order valence-corrected chi connectivity index (χ4v) is 1.43. The van der Waals surface area contributed by atoms with Crippen LogP contribution in [0, 0.1) is 5.41 Å². The third-order valence-electron chi connectivity index (χ3n) is 2.45. The summed E-state index contributed by atoms with van der Waals surface area (Å²) in [6.45, 7) is 3.34. The van der Waals surface area contributed by atoms with Gasteiger partial charge in [-0.25, -0.2) is 4.79 Å². The highest BCUT2D eigenvalue weighted by molar-refractivity contribution is 5.87. The Labute approximate surface area is 99.6 Å². The van der Waals surface area contributed by atoms with Crippen LogP contribution in [0.15, 0.2) is 24.3 Å². The van der Waals surface area contributed by atoms with Crippen LogP contribution in [-0.4, -0.2) is 17.1 Å². The molecule has 0 fully saturated rings. The molecule has 92 valence electrons. The van der Waals surface area contributed by atoms with Gasteiger partial charge in [0.15, 0.2) is 0 Å². The Morgan fingerprint density at radius 2 is 1.82 bits per heavy atom. The molecule has 0 bridgehead atoms. The summed E-state index contributed by atoms with van der Waals surface area (Å²) >= 11 is 0. The van der Waals surface area contributed by atoms with Crippen LogP contribution in [0.3, 0.4) is 0 Å². The predicted molar refractivity (Wildman–Crippen MR) is 64.8 cm³/mol. The van der Waals surface area contributed by atoms with E-state index in [9.17, 15) is 9.59 Å². The van der Waals surface area contributed by atoms with Crippen LogP contribution >= 0.6 is 0 Å². The third kappa shape index (κ3) is 3.79. The number of carbonyl (C=O) groups is 2. The summed E-state index contributed by atoms with van der Waals surface area (Å²) in [6, 6.07) is 6.31. The summed E-state index contributed by atoms with van der Waals surface area (Å²) in [6.07, 6.45) is 0.430. The van der Waals surface area contributed by atoms with Crippen molar-refractivity contribution >= 4 is 17.7 Å². The quantitative estimate of drug-likeness (QED) is 0.744. The Bertz CT molecular complexity index is 424. The minimum atomic E-state index is -0.836. The molecule has 0 aliphatic heterocycles. The lowest BCUT2D eigenvalue weighted by Crippen LogP contribution is -2.26. The highest BCUT2D eigenvalue weighted by Gasteiger charge is 2.27.